The summed E-state index contributed by atoms with van der Waals surface area (Å²) in [6.45, 7) is 1.31. The molecule has 6 N–H and O–H groups in total. The van der Waals surface area contributed by atoms with Gasteiger partial charge in [-0.15, -0.1) is 0 Å². The number of nitrogens with one attached hydrogen (secondary N) is 2. The smallest absolute Gasteiger partial charge is 0.326 e. The van der Waals surface area contributed by atoms with Gasteiger partial charge in [-0.2, -0.15) is 18.3 Å². The molecule has 0 bridgehead atoms. The van der Waals surface area contributed by atoms with Crippen LogP contribution >= 0.6 is 11.8 Å². The maximum atomic E-state index is 12.8. The van der Waals surface area contributed by atoms with Crippen molar-refractivity contribution in [2.75, 3.05) is 17.7 Å². The first-order valence-electron chi connectivity index (χ1n) is 8.35. The lowest BCUT2D eigenvalue weighted by atomic mass is 10.1. The fourth-order valence-electron chi connectivity index (χ4n) is 2.31. The maximum Gasteiger partial charge on any atom is 0.416 e. The number of rotatable bonds is 4. The highest BCUT2D eigenvalue weighted by molar-refractivity contribution is 8.13. The van der Waals surface area contributed by atoms with E-state index in [1.54, 1.807) is 12.1 Å². The number of carbonyl (C=O) groups is 2. The van der Waals surface area contributed by atoms with Crippen molar-refractivity contribution < 1.29 is 22.8 Å². The average Bonchev–Trinajstić information content (AvgIpc) is 2.65. The third-order valence-electron chi connectivity index (χ3n) is 3.63. The van der Waals surface area contributed by atoms with Crippen molar-refractivity contribution in [3.05, 3.63) is 53.6 Å². The Hall–Kier alpha value is -3.25. The molecule has 0 aliphatic heterocycles. The Kier molecular flexibility index (Phi) is 7.29. The molecule has 0 aromatic heterocycles. The maximum absolute atomic E-state index is 12.8. The van der Waals surface area contributed by atoms with Crippen molar-refractivity contribution in [3.63, 3.8) is 0 Å². The van der Waals surface area contributed by atoms with E-state index in [1.165, 1.54) is 20.0 Å². The molecule has 0 saturated carbocycles. The summed E-state index contributed by atoms with van der Waals surface area (Å²) in [7, 11) is 1.51. The quantitative estimate of drug-likeness (QED) is 0.190. The van der Waals surface area contributed by atoms with Gasteiger partial charge in [-0.3, -0.25) is 14.6 Å². The number of halogens is 3. The van der Waals surface area contributed by atoms with Crippen LogP contribution in [-0.2, 0) is 11.0 Å². The molecule has 0 atom stereocenters. The topological polar surface area (TPSA) is 126 Å². The van der Waals surface area contributed by atoms with Gasteiger partial charge < -0.3 is 16.5 Å². The fourth-order valence-corrected chi connectivity index (χ4v) is 3.10. The van der Waals surface area contributed by atoms with Gasteiger partial charge in [0, 0.05) is 30.2 Å². The van der Waals surface area contributed by atoms with Crippen molar-refractivity contribution in [1.82, 2.24) is 5.01 Å². The number of hydrogen-bond donors (Lipinski definition) is 4. The zero-order chi connectivity index (χ0) is 22.5. The Balaban J connectivity index is 2.35. The van der Waals surface area contributed by atoms with Gasteiger partial charge in [0.25, 0.3) is 5.91 Å². The molecule has 2 aromatic rings. The first-order chi connectivity index (χ1) is 14.0. The molecule has 0 heterocycles. The SMILES string of the molecule is CC(=O)Nc1ccc(S/C(=N/N)N(C)N)c(C(=O)Nc2ccc(C(F)(F)F)cc2)c1. The summed E-state index contributed by atoms with van der Waals surface area (Å²) < 4.78 is 38.1. The Morgan fingerprint density at radius 1 is 1.07 bits per heavy atom. The van der Waals surface area contributed by atoms with E-state index in [2.05, 4.69) is 15.7 Å². The summed E-state index contributed by atoms with van der Waals surface area (Å²) in [5, 5.41) is 9.99. The molecule has 30 heavy (non-hydrogen) atoms. The Bertz CT molecular complexity index is 961. The molecule has 160 valence electrons. The highest BCUT2D eigenvalue weighted by Gasteiger charge is 2.30. The normalized spacial score (nSPS) is 11.7. The molecule has 2 amide bonds. The van der Waals surface area contributed by atoms with Gasteiger partial charge in [0.15, 0.2) is 0 Å². The van der Waals surface area contributed by atoms with Crippen LogP contribution in [0.3, 0.4) is 0 Å². The van der Waals surface area contributed by atoms with E-state index in [0.717, 1.165) is 41.0 Å². The molecule has 2 aromatic carbocycles. The molecule has 0 unspecified atom stereocenters. The van der Waals surface area contributed by atoms with Gasteiger partial charge in [0.1, 0.15) is 0 Å². The number of amides is 2. The lowest BCUT2D eigenvalue weighted by molar-refractivity contribution is -0.137. The van der Waals surface area contributed by atoms with E-state index >= 15 is 0 Å². The number of benzene rings is 2. The summed E-state index contributed by atoms with van der Waals surface area (Å²) in [4.78, 5) is 24.6. The predicted octanol–water partition coefficient (Wildman–Crippen LogP) is 3.04. The van der Waals surface area contributed by atoms with E-state index in [1.807, 2.05) is 0 Å². The second-order valence-corrected chi connectivity index (χ2v) is 7.06. The molecule has 0 aliphatic rings. The summed E-state index contributed by atoms with van der Waals surface area (Å²) >= 11 is 0.999. The van der Waals surface area contributed by atoms with E-state index < -0.39 is 17.6 Å². The van der Waals surface area contributed by atoms with Gasteiger partial charge in [0.05, 0.1) is 11.1 Å². The highest BCUT2D eigenvalue weighted by atomic mass is 32.2. The summed E-state index contributed by atoms with van der Waals surface area (Å²) in [6, 6.07) is 8.57. The van der Waals surface area contributed by atoms with Crippen LogP contribution in [0.1, 0.15) is 22.8 Å². The van der Waals surface area contributed by atoms with Gasteiger partial charge in [-0.05, 0) is 54.2 Å². The number of alkyl halides is 3. The Morgan fingerprint density at radius 3 is 2.17 bits per heavy atom. The number of carbonyl (C=O) groups excluding carboxylic acids is 2. The summed E-state index contributed by atoms with van der Waals surface area (Å²) in [6.07, 6.45) is -4.48. The minimum absolute atomic E-state index is 0.133. The number of anilines is 2. The van der Waals surface area contributed by atoms with Gasteiger partial charge in [-0.25, -0.2) is 5.84 Å². The Morgan fingerprint density at radius 2 is 1.67 bits per heavy atom. The van der Waals surface area contributed by atoms with Gasteiger partial charge >= 0.3 is 6.18 Å². The second kappa shape index (κ2) is 9.50. The van der Waals surface area contributed by atoms with E-state index in [9.17, 15) is 22.8 Å². The van der Waals surface area contributed by atoms with Crippen molar-refractivity contribution >= 4 is 40.1 Å². The first kappa shape index (κ1) is 23.0. The number of hydrazine groups is 1. The molecular weight excluding hydrogens is 421 g/mol. The predicted molar refractivity (Wildman–Crippen MR) is 110 cm³/mol. The number of nitrogens with two attached hydrogens (primary N) is 2. The Labute approximate surface area is 174 Å². The molecule has 8 nitrogen and oxygen atoms in total. The highest BCUT2D eigenvalue weighted by Crippen LogP contribution is 2.31. The molecule has 2 rings (SSSR count). The molecule has 0 aliphatic carbocycles. The number of nitrogens with zero attached hydrogens (tertiary/aromatic N) is 2. The van der Waals surface area contributed by atoms with Crippen LogP contribution in [0.4, 0.5) is 24.5 Å². The zero-order valence-corrected chi connectivity index (χ0v) is 16.8. The summed E-state index contributed by atoms with van der Waals surface area (Å²) in [5.74, 6) is 10.0. The van der Waals surface area contributed by atoms with E-state index in [4.69, 9.17) is 11.7 Å². The van der Waals surface area contributed by atoms with Gasteiger partial charge in [-0.1, -0.05) is 0 Å². The number of thioether (sulfide) groups is 1. The van der Waals surface area contributed by atoms with Crippen molar-refractivity contribution in [1.29, 1.82) is 0 Å². The molecule has 0 saturated heterocycles. The minimum atomic E-state index is -4.48. The molecule has 0 radical (unpaired) electrons. The molecule has 12 heteroatoms. The van der Waals surface area contributed by atoms with Crippen LogP contribution in [0, 0.1) is 0 Å². The number of hydrazone groups is 1. The van der Waals surface area contributed by atoms with Crippen LogP contribution in [0.15, 0.2) is 52.5 Å². The lowest BCUT2D eigenvalue weighted by Crippen LogP contribution is -2.32. The standard InChI is InChI=1S/C18H19F3N6O2S/c1-10(28)24-13-7-8-15(30-17(26-22)27(2)23)14(9-13)16(29)25-12-5-3-11(4-6-12)18(19,20)21/h3-9H,22-23H2,1-2H3,(H,24,28)(H,25,29)/b26-17+. The monoisotopic (exact) mass is 440 g/mol. The first-order valence-corrected chi connectivity index (χ1v) is 9.17. The van der Waals surface area contributed by atoms with Crippen LogP contribution < -0.4 is 22.3 Å². The van der Waals surface area contributed by atoms with Crippen LogP contribution in [0.2, 0.25) is 0 Å². The third kappa shape index (κ3) is 6.12. The molecule has 0 spiro atoms. The van der Waals surface area contributed by atoms with Crippen LogP contribution in [0.5, 0.6) is 0 Å². The van der Waals surface area contributed by atoms with Crippen molar-refractivity contribution in [3.8, 4) is 0 Å². The number of amidine groups is 1. The number of hydrogen-bond acceptors (Lipinski definition) is 6. The molecular formula is C18H19F3N6O2S. The zero-order valence-electron chi connectivity index (χ0n) is 15.9. The minimum Gasteiger partial charge on any atom is -0.326 e. The lowest BCUT2D eigenvalue weighted by Gasteiger charge is -2.16. The van der Waals surface area contributed by atoms with Gasteiger partial charge in [0.2, 0.25) is 11.1 Å². The second-order valence-electron chi connectivity index (χ2n) is 6.05. The van der Waals surface area contributed by atoms with Crippen molar-refractivity contribution in [2.24, 2.45) is 16.8 Å². The largest absolute Gasteiger partial charge is 0.416 e. The average molecular weight is 440 g/mol. The van der Waals surface area contributed by atoms with Crippen LogP contribution in [0.25, 0.3) is 0 Å². The van der Waals surface area contributed by atoms with E-state index in [0.29, 0.717) is 10.6 Å². The summed E-state index contributed by atoms with van der Waals surface area (Å²) in [5.41, 5.74) is -0.178. The van der Waals surface area contributed by atoms with Crippen molar-refractivity contribution in [2.45, 2.75) is 18.0 Å². The third-order valence-corrected chi connectivity index (χ3v) is 4.78. The van der Waals surface area contributed by atoms with E-state index in [-0.39, 0.29) is 22.3 Å². The molecule has 0 fully saturated rings. The van der Waals surface area contributed by atoms with Crippen LogP contribution in [-0.4, -0.2) is 29.0 Å². The fraction of sp³-hybridized carbons (Fsp3) is 0.167.